The number of esters is 1. The highest BCUT2D eigenvalue weighted by Crippen LogP contribution is 2.36. The highest BCUT2D eigenvalue weighted by atomic mass is 16.7. The van der Waals surface area contributed by atoms with Gasteiger partial charge in [0, 0.05) is 44.0 Å². The van der Waals surface area contributed by atoms with Crippen LogP contribution < -0.4 is 0 Å². The molecule has 16 atom stereocenters. The zero-order chi connectivity index (χ0) is 49.8. The van der Waals surface area contributed by atoms with Gasteiger partial charge in [0.1, 0.15) is 36.7 Å². The fourth-order valence-electron chi connectivity index (χ4n) is 9.52. The number of allylic oxidation sites excluding steroid dienone is 3. The summed E-state index contributed by atoms with van der Waals surface area (Å²) < 4.78 is 55.3. The molecule has 4 aliphatic heterocycles. The van der Waals surface area contributed by atoms with Gasteiger partial charge in [0.05, 0.1) is 81.1 Å². The van der Waals surface area contributed by atoms with Gasteiger partial charge in [-0.1, -0.05) is 54.9 Å². The number of benzene rings is 1. The summed E-state index contributed by atoms with van der Waals surface area (Å²) in [5.41, 5.74) is 3.06. The van der Waals surface area contributed by atoms with Gasteiger partial charge in [-0.3, -0.25) is 14.7 Å². The molecule has 3 fully saturated rings. The second-order valence-electron chi connectivity index (χ2n) is 19.0. The van der Waals surface area contributed by atoms with Crippen LogP contribution in [0.5, 0.6) is 0 Å². The third kappa shape index (κ3) is 14.6. The summed E-state index contributed by atoms with van der Waals surface area (Å²) in [7, 11) is 6.50. The quantitative estimate of drug-likeness (QED) is 0.135. The largest absolute Gasteiger partial charge is 0.465 e. The van der Waals surface area contributed by atoms with E-state index in [1.54, 1.807) is 51.2 Å². The normalized spacial score (nSPS) is 37.9. The Bertz CT molecular complexity index is 2080. The predicted octanol–water partition coefficient (Wildman–Crippen LogP) is 3.60. The SMILES string of the molecule is CO[C@@H]1[C@H](O)[C@@H](C)O[C@@H](OC[C@H]2/C=C(C)/C=C/C(=O)[C@H](C)CC3CCOC/C(=N\OC/C=C/c4ccc5cn[nH]c5c4)CO[C@H](CC(=O)OC2)[C@H](C)[C@H]3O[C@@H]2O[C@H](C)[C@@H](O)[C@H](N(C)C)[C@H]2O)[C@@H]1OC. The number of cyclic esters (lactones) is 1. The maximum Gasteiger partial charge on any atom is 0.308 e. The third-order valence-electron chi connectivity index (χ3n) is 13.5. The van der Waals surface area contributed by atoms with E-state index in [4.69, 9.17) is 47.5 Å². The van der Waals surface area contributed by atoms with Crippen molar-refractivity contribution >= 4 is 34.4 Å². The highest BCUT2D eigenvalue weighted by molar-refractivity contribution is 5.91. The predicted molar refractivity (Wildman–Crippen MR) is 254 cm³/mol. The number of hydrogen-bond acceptors (Lipinski definition) is 18. The first-order valence-corrected chi connectivity index (χ1v) is 23.9. The molecule has 2 bridgehead atoms. The van der Waals surface area contributed by atoms with E-state index < -0.39 is 97.3 Å². The Morgan fingerprint density at radius 2 is 1.70 bits per heavy atom. The van der Waals surface area contributed by atoms with Gasteiger partial charge < -0.3 is 67.7 Å². The molecular weight excluding hydrogens is 897 g/mol. The van der Waals surface area contributed by atoms with Gasteiger partial charge in [0.2, 0.25) is 0 Å². The van der Waals surface area contributed by atoms with E-state index in [0.717, 1.165) is 22.0 Å². The van der Waals surface area contributed by atoms with E-state index in [1.165, 1.54) is 14.2 Å². The summed E-state index contributed by atoms with van der Waals surface area (Å²) in [5, 5.41) is 45.9. The van der Waals surface area contributed by atoms with Crippen LogP contribution >= 0.6 is 0 Å². The monoisotopic (exact) mass is 971 g/mol. The van der Waals surface area contributed by atoms with Crippen LogP contribution in [0.4, 0.5) is 0 Å². The average Bonchev–Trinajstić information content (AvgIpc) is 3.79. The van der Waals surface area contributed by atoms with E-state index >= 15 is 0 Å². The fraction of sp³-hybridized carbons (Fsp3) is 0.680. The maximum absolute atomic E-state index is 14.1. The zero-order valence-electron chi connectivity index (χ0n) is 41.4. The van der Waals surface area contributed by atoms with E-state index in [0.29, 0.717) is 18.6 Å². The highest BCUT2D eigenvalue weighted by Gasteiger charge is 2.48. The number of hydrogen-bond donors (Lipinski definition) is 4. The van der Waals surface area contributed by atoms with Crippen molar-refractivity contribution in [3.63, 3.8) is 0 Å². The number of oxime groups is 1. The van der Waals surface area contributed by atoms with Crippen LogP contribution in [0.25, 0.3) is 17.0 Å². The molecule has 3 saturated heterocycles. The number of ketones is 1. The zero-order valence-corrected chi connectivity index (χ0v) is 41.4. The lowest BCUT2D eigenvalue weighted by molar-refractivity contribution is -0.305. The van der Waals surface area contributed by atoms with Gasteiger partial charge in [0.15, 0.2) is 18.4 Å². The van der Waals surface area contributed by atoms with Crippen molar-refractivity contribution in [1.29, 1.82) is 0 Å². The number of aromatic amines is 1. The van der Waals surface area contributed by atoms with Crippen LogP contribution in [-0.4, -0.2) is 189 Å². The maximum atomic E-state index is 14.1. The van der Waals surface area contributed by atoms with E-state index in [9.17, 15) is 24.9 Å². The number of fused-ring (bicyclic) bond motifs is 4. The van der Waals surface area contributed by atoms with Crippen LogP contribution in [0.2, 0.25) is 0 Å². The fourth-order valence-corrected chi connectivity index (χ4v) is 9.52. The minimum Gasteiger partial charge on any atom is -0.465 e. The number of carbonyl (C=O) groups excluding carboxylic acids is 2. The van der Waals surface area contributed by atoms with Crippen LogP contribution in [0, 0.1) is 23.7 Å². The molecule has 0 radical (unpaired) electrons. The molecule has 1 aromatic carbocycles. The Morgan fingerprint density at radius 1 is 0.942 bits per heavy atom. The molecule has 384 valence electrons. The number of carbonyl (C=O) groups is 2. The van der Waals surface area contributed by atoms with Gasteiger partial charge in [-0.15, -0.1) is 0 Å². The average molecular weight is 971 g/mol. The number of nitrogens with zero attached hydrogens (tertiary/aromatic N) is 3. The van der Waals surface area contributed by atoms with Crippen molar-refractivity contribution < 1.29 is 72.4 Å². The van der Waals surface area contributed by atoms with Crippen molar-refractivity contribution in [3.8, 4) is 0 Å². The minimum atomic E-state index is -1.25. The van der Waals surface area contributed by atoms with E-state index in [2.05, 4.69) is 15.4 Å². The first-order chi connectivity index (χ1) is 33.1. The second kappa shape index (κ2) is 25.9. The summed E-state index contributed by atoms with van der Waals surface area (Å²) >= 11 is 0. The molecule has 5 heterocycles. The van der Waals surface area contributed by atoms with E-state index in [-0.39, 0.29) is 57.8 Å². The lowest BCUT2D eigenvalue weighted by Gasteiger charge is -2.47. The molecule has 2 aromatic rings. The van der Waals surface area contributed by atoms with Crippen LogP contribution in [-0.2, 0) is 57.1 Å². The first kappa shape index (κ1) is 54.4. The first-order valence-electron chi connectivity index (χ1n) is 23.9. The summed E-state index contributed by atoms with van der Waals surface area (Å²) in [6.45, 7) is 9.41. The molecule has 19 nitrogen and oxygen atoms in total. The Morgan fingerprint density at radius 3 is 2.45 bits per heavy atom. The van der Waals surface area contributed by atoms with Crippen molar-refractivity contribution in [2.24, 2.45) is 28.8 Å². The van der Waals surface area contributed by atoms with Gasteiger partial charge in [-0.2, -0.15) is 5.10 Å². The number of aromatic nitrogens is 2. The number of nitrogens with one attached hydrogen (secondary N) is 1. The Labute approximate surface area is 405 Å². The van der Waals surface area contributed by atoms with E-state index in [1.807, 2.05) is 57.2 Å². The molecule has 19 heteroatoms. The molecule has 0 aliphatic carbocycles. The smallest absolute Gasteiger partial charge is 0.308 e. The van der Waals surface area contributed by atoms with Crippen molar-refractivity contribution in [2.75, 3.05) is 68.0 Å². The van der Waals surface area contributed by atoms with Gasteiger partial charge >= 0.3 is 5.97 Å². The lowest BCUT2D eigenvalue weighted by atomic mass is 9.79. The summed E-state index contributed by atoms with van der Waals surface area (Å²) in [6.07, 6.45) is 1.61. The number of H-pyrrole nitrogens is 1. The van der Waals surface area contributed by atoms with Crippen LogP contribution in [0.1, 0.15) is 59.4 Å². The number of aliphatic hydroxyl groups is 3. The summed E-state index contributed by atoms with van der Waals surface area (Å²) in [5.74, 6) is -2.58. The van der Waals surface area contributed by atoms with Crippen LogP contribution in [0.3, 0.4) is 0 Å². The van der Waals surface area contributed by atoms with Gasteiger partial charge in [0.25, 0.3) is 0 Å². The van der Waals surface area contributed by atoms with Crippen LogP contribution in [0.15, 0.2) is 59.4 Å². The van der Waals surface area contributed by atoms with Gasteiger partial charge in [-0.05, 0) is 77.4 Å². The molecule has 0 saturated carbocycles. The number of aliphatic hydroxyl groups excluding tert-OH is 3. The lowest BCUT2D eigenvalue weighted by Crippen LogP contribution is -2.63. The van der Waals surface area contributed by atoms with Gasteiger partial charge in [-0.25, -0.2) is 0 Å². The Kier molecular flexibility index (Phi) is 20.4. The number of rotatable bonds is 12. The molecule has 0 spiro atoms. The Balaban J connectivity index is 1.27. The number of ether oxygens (including phenoxy) is 9. The Hall–Kier alpha value is -3.96. The molecular formula is C50H74N4O15. The van der Waals surface area contributed by atoms with Crippen molar-refractivity contribution in [3.05, 3.63) is 59.8 Å². The second-order valence-corrected chi connectivity index (χ2v) is 19.0. The standard InChI is InChI=1S/C50H74N4O15/c1-28-12-15-39(55)29(2)20-35-16-18-62-26-37(53-66-17-10-11-33-13-14-36-23-51-52-38(36)21-33)27-63-40(30(3)46(35)69-49-45(59)42(54(6)7)43(57)31(4)67-49)22-41(56)64-24-34(19-28)25-65-50-48(61-9)47(60-8)44(58)32(5)68-50/h10-15,19,21,23,29-32,34-35,40,42-50,57-59H,16-18,20,22,24-27H2,1-9H3,(H,51,52)/b11-10+,15-12+,28-19+,53-37+/t29-,30+,31-,32-,34+,35?,40-,42+,43-,44-,45-,46-,47-,48-,49+,50-/m1/s1. The topological polar surface area (TPSA) is 231 Å². The van der Waals surface area contributed by atoms with Crippen molar-refractivity contribution in [2.45, 2.75) is 127 Å². The minimum absolute atomic E-state index is 0.0276. The molecule has 69 heavy (non-hydrogen) atoms. The number of methoxy groups -OCH3 is 2. The molecule has 0 amide bonds. The molecule has 4 N–H and O–H groups in total. The van der Waals surface area contributed by atoms with Crippen molar-refractivity contribution in [1.82, 2.24) is 15.1 Å². The molecule has 1 aromatic heterocycles. The molecule has 4 aliphatic rings. The molecule has 6 rings (SSSR count). The number of likely N-dealkylation sites (N-methyl/N-ethyl adjacent to an activating group) is 1. The summed E-state index contributed by atoms with van der Waals surface area (Å²) in [4.78, 5) is 35.5. The summed E-state index contributed by atoms with van der Waals surface area (Å²) in [6, 6.07) is 5.24. The molecule has 1 unspecified atom stereocenters. The third-order valence-corrected chi connectivity index (χ3v) is 13.5.